The van der Waals surface area contributed by atoms with Gasteiger partial charge < -0.3 is 28.3 Å². The summed E-state index contributed by atoms with van der Waals surface area (Å²) in [4.78, 5) is 94.1. The minimum Gasteiger partial charge on any atom is -0.481 e. The quantitative estimate of drug-likeness (QED) is 0.0388. The maximum Gasteiger partial charge on any atom is 0.269 e. The number of rotatable bonds is 20. The Morgan fingerprint density at radius 2 is 0.673 bits per heavy atom. The fourth-order valence-corrected chi connectivity index (χ4v) is 15.3. The summed E-state index contributed by atoms with van der Waals surface area (Å²) in [6, 6.07) is 111. The lowest BCUT2D eigenvalue weighted by molar-refractivity contribution is -0.385. The van der Waals surface area contributed by atoms with E-state index < -0.39 is 9.85 Å². The molecule has 26 heteroatoms. The Morgan fingerprint density at radius 3 is 1.08 bits per heavy atom. The van der Waals surface area contributed by atoms with Crippen molar-refractivity contribution in [1.29, 1.82) is 0 Å². The number of benzene rings is 10. The number of para-hydroxylation sites is 6. The van der Waals surface area contributed by atoms with Crippen molar-refractivity contribution >= 4 is 126 Å². The number of carbonyl (C=O) groups is 2. The van der Waals surface area contributed by atoms with Crippen LogP contribution >= 0.6 is 0 Å². The number of anilines is 2. The highest BCUT2D eigenvalue weighted by Gasteiger charge is 2.33. The van der Waals surface area contributed by atoms with E-state index in [9.17, 15) is 29.8 Å². The van der Waals surface area contributed by atoms with Crippen molar-refractivity contribution < 1.29 is 38.0 Å². The van der Waals surface area contributed by atoms with Crippen molar-refractivity contribution in [1.82, 2.24) is 60.2 Å². The van der Waals surface area contributed by atoms with Gasteiger partial charge in [-0.15, -0.1) is 0 Å². The number of aromatic nitrogens is 12. The first-order chi connectivity index (χ1) is 73.5. The van der Waals surface area contributed by atoms with E-state index in [0.29, 0.717) is 70.8 Å². The summed E-state index contributed by atoms with van der Waals surface area (Å²) in [6.07, 6.45) is 25.8. The molecule has 20 aromatic rings. The summed E-state index contributed by atoms with van der Waals surface area (Å²) in [7, 11) is 3.17. The predicted molar refractivity (Wildman–Crippen MR) is 603 cm³/mol. The maximum absolute atomic E-state index is 13.1. The third-order valence-corrected chi connectivity index (χ3v) is 22.5. The van der Waals surface area contributed by atoms with Crippen molar-refractivity contribution in [3.8, 4) is 57.7 Å². The summed E-state index contributed by atoms with van der Waals surface area (Å²) in [6.45, 7) is 20.9. The zero-order valence-electron chi connectivity index (χ0n) is 85.2. The molecule has 0 saturated heterocycles. The van der Waals surface area contributed by atoms with E-state index in [0.717, 1.165) is 128 Å². The molecule has 0 radical (unpaired) electrons. The van der Waals surface area contributed by atoms with Crippen LogP contribution in [0.5, 0.6) is 11.8 Å². The van der Waals surface area contributed by atoms with Gasteiger partial charge in [-0.1, -0.05) is 296 Å². The highest BCUT2D eigenvalue weighted by atomic mass is 16.6. The van der Waals surface area contributed by atoms with Crippen molar-refractivity contribution in [2.45, 2.75) is 82.3 Å². The van der Waals surface area contributed by atoms with Gasteiger partial charge in [0.15, 0.2) is 0 Å². The lowest BCUT2D eigenvalue weighted by Crippen LogP contribution is -2.25. The van der Waals surface area contributed by atoms with E-state index >= 15 is 0 Å². The molecule has 10 aromatic heterocycles. The molecule has 0 atom stereocenters. The maximum atomic E-state index is 13.1. The van der Waals surface area contributed by atoms with E-state index in [1.807, 2.05) is 367 Å². The molecule has 26 nitrogen and oxygen atoms in total. The lowest BCUT2D eigenvalue weighted by Gasteiger charge is -2.17. The van der Waals surface area contributed by atoms with Gasteiger partial charge in [0.25, 0.3) is 35.0 Å². The molecule has 2 aliphatic heterocycles. The molecule has 150 heavy (non-hydrogen) atoms. The number of amides is 2. The highest BCUT2D eigenvalue weighted by molar-refractivity contribution is 6.33. The number of fused-ring (bicyclic) bond motifs is 6. The molecule has 0 aliphatic carbocycles. The van der Waals surface area contributed by atoms with Crippen LogP contribution in [0.15, 0.2) is 410 Å². The monoisotopic (exact) mass is 1980 g/mol. The van der Waals surface area contributed by atoms with E-state index in [1.54, 1.807) is 103 Å². The van der Waals surface area contributed by atoms with Crippen molar-refractivity contribution in [2.24, 2.45) is 0 Å². The number of methoxy groups -OCH3 is 2. The average Bonchev–Trinajstić information content (AvgIpc) is 1.63. The summed E-state index contributed by atoms with van der Waals surface area (Å²) in [5.74, 6) is 2.82. The number of nitro groups is 2. The molecule has 0 N–H and O–H groups in total. The van der Waals surface area contributed by atoms with Crippen LogP contribution in [0.3, 0.4) is 0 Å². The summed E-state index contributed by atoms with van der Waals surface area (Å²) >= 11 is 0. The van der Waals surface area contributed by atoms with Gasteiger partial charge in [-0.25, -0.2) is 29.9 Å². The van der Waals surface area contributed by atoms with Crippen molar-refractivity contribution in [2.75, 3.05) is 24.0 Å². The number of pyridine rings is 8. The first-order valence-corrected chi connectivity index (χ1v) is 49.1. The zero-order chi connectivity index (χ0) is 106. The zero-order valence-corrected chi connectivity index (χ0v) is 85.2. The second-order valence-corrected chi connectivity index (χ2v) is 32.1. The normalized spacial score (nSPS) is 11.9. The van der Waals surface area contributed by atoms with Crippen LogP contribution in [0.2, 0.25) is 0 Å². The van der Waals surface area contributed by atoms with E-state index in [2.05, 4.69) is 96.6 Å². The van der Waals surface area contributed by atoms with Crippen LogP contribution < -0.4 is 19.3 Å². The summed E-state index contributed by atoms with van der Waals surface area (Å²) in [5.41, 5.74) is 21.6. The van der Waals surface area contributed by atoms with E-state index in [4.69, 9.17) is 18.5 Å². The van der Waals surface area contributed by atoms with Gasteiger partial charge in [-0.2, -0.15) is 9.97 Å². The molecule has 748 valence electrons. The third kappa shape index (κ3) is 29.4. The predicted octanol–water partition coefficient (Wildman–Crippen LogP) is 29.5. The molecule has 2 amide bonds. The Morgan fingerprint density at radius 1 is 0.327 bits per heavy atom. The Hall–Kier alpha value is -19.5. The van der Waals surface area contributed by atoms with Gasteiger partial charge in [0, 0.05) is 128 Å². The Bertz CT molecular complexity index is 7950. The lowest BCUT2D eigenvalue weighted by atomic mass is 10.1. The number of nitrogens with zero attached hydrogens (tertiary/aromatic N) is 16. The van der Waals surface area contributed by atoms with Crippen molar-refractivity contribution in [3.63, 3.8) is 0 Å². The molecule has 0 saturated carbocycles. The van der Waals surface area contributed by atoms with Gasteiger partial charge in [-0.3, -0.25) is 39.8 Å². The fourth-order valence-electron chi connectivity index (χ4n) is 15.3. The average molecular weight is 1990 g/mol. The highest BCUT2D eigenvalue weighted by Crippen LogP contribution is 2.40. The molecule has 22 rings (SSSR count). The number of non-ortho nitro benzene ring substituents is 2. The molecular weight excluding hydrogens is 1870 g/mol. The molecule has 12 heterocycles. The molecule has 0 spiro atoms. The van der Waals surface area contributed by atoms with Crippen LogP contribution in [0, 0.1) is 34.1 Å². The summed E-state index contributed by atoms with van der Waals surface area (Å²) < 4.78 is 20.9. The minimum absolute atomic E-state index is 0.0385. The Labute approximate surface area is 871 Å². The first-order valence-electron chi connectivity index (χ1n) is 49.1. The number of allylic oxidation sites excluding steroid dienone is 4. The van der Waals surface area contributed by atoms with Gasteiger partial charge >= 0.3 is 0 Å². The standard InChI is InChI=1S/2C24H18N2O3.C17H12N4O2.C17H12N4O.C17H14N2O.C17H14N2.4C2H6/c2*27-24-22(11-6-9-18-13-15-20(16-14-18)26(28)29)21-10-4-5-12-23(21)25(24)17-19-7-2-1-3-8-19;1-22-15-10-12(8-9-18-15)17-20-16(21-23-17)14-7-6-11-4-2-3-5-13(11)19-14;1-11-10-13(8-9-18-11)17-20-16(21-22-17)15-7-6-12-4-2-3-5-14(12)19-15;1-20-17-12-13(10-11-18-17)6-8-15-9-7-14-4-2-3-5-16(14)19-15;1-13-12-14(10-11-18-13)6-8-16-9-7-15-4-2-3-5-17(15)19-16;4*1-2/h2*1-16H,17H2;2-10H,1H3;2-10H,1H3;2-12H,1H3;2-12H,1H3;4*1-2H3/b9-6+,22-11+;9-6+,22-11-;;;2*8-6+;;;;. The van der Waals surface area contributed by atoms with Gasteiger partial charge in [0.1, 0.15) is 11.4 Å². The minimum atomic E-state index is -0.426. The number of hydrogen-bond donors (Lipinski definition) is 0. The third-order valence-electron chi connectivity index (χ3n) is 22.5. The van der Waals surface area contributed by atoms with E-state index in [-0.39, 0.29) is 23.2 Å². The molecular formula is C124H112N16O10. The molecule has 10 aromatic carbocycles. The van der Waals surface area contributed by atoms with Crippen LogP contribution in [-0.4, -0.2) is 96.0 Å². The van der Waals surface area contributed by atoms with Gasteiger partial charge in [0.05, 0.1) is 82.0 Å². The van der Waals surface area contributed by atoms with Gasteiger partial charge in [0.2, 0.25) is 23.4 Å². The van der Waals surface area contributed by atoms with E-state index in [1.165, 1.54) is 29.7 Å². The topological polar surface area (TPSA) is 326 Å². The van der Waals surface area contributed by atoms with Crippen LogP contribution in [0.4, 0.5) is 22.7 Å². The number of hydrogen-bond acceptors (Lipinski definition) is 22. The van der Waals surface area contributed by atoms with Crippen LogP contribution in [-0.2, 0) is 22.7 Å². The Kier molecular flexibility index (Phi) is 39.8. The smallest absolute Gasteiger partial charge is 0.269 e. The second kappa shape index (κ2) is 55.4. The fraction of sp³-hybridized carbons (Fsp3) is 0.113. The molecule has 0 fully saturated rings. The second-order valence-electron chi connectivity index (χ2n) is 32.1. The first kappa shape index (κ1) is 108. The number of aryl methyl sites for hydroxylation is 2. The molecule has 0 unspecified atom stereocenters. The number of carbonyl (C=O) groups excluding carboxylic acids is 2. The van der Waals surface area contributed by atoms with Gasteiger partial charge in [-0.05, 0) is 193 Å². The largest absolute Gasteiger partial charge is 0.481 e. The van der Waals surface area contributed by atoms with Crippen molar-refractivity contribution in [3.05, 3.63) is 488 Å². The Balaban J connectivity index is 0.000000149. The summed E-state index contributed by atoms with van der Waals surface area (Å²) in [5, 5.41) is 34.0. The molecule has 2 aliphatic rings. The van der Waals surface area contributed by atoms with Crippen LogP contribution in [0.25, 0.3) is 137 Å². The van der Waals surface area contributed by atoms with Crippen LogP contribution in [0.1, 0.15) is 123 Å². The molecule has 0 bridgehead atoms. The number of ether oxygens (including phenoxy) is 2. The number of nitro benzene ring substituents is 2. The SMILES string of the molecule is CC.CC.CC.CC.COc1cc(-c2nc(-c3ccc4ccccc4n3)no2)ccn1.COc1cc(/C=C/c2ccc3ccccc3n2)ccn1.Cc1cc(-c2nc(-c3ccc4ccccc4n3)no2)ccn1.Cc1cc(/C=C/c2ccc3ccccc3n2)ccn1.O=C1/C(=C/C=C/c2ccc([N+](=O)[O-])cc2)c2ccccc2N1Cc1ccccc1.O=C1/C(=C\C=C\c2ccc([N+](=O)[O-])cc2)c2ccccc2N1Cc1ccccc1.